The highest BCUT2D eigenvalue weighted by atomic mass is 32.2. The average molecular weight is 534 g/mol. The van der Waals surface area contributed by atoms with Gasteiger partial charge in [0, 0.05) is 35.6 Å². The van der Waals surface area contributed by atoms with E-state index in [1.807, 2.05) is 54.9 Å². The van der Waals surface area contributed by atoms with Crippen molar-refractivity contribution in [3.63, 3.8) is 0 Å². The third-order valence-electron chi connectivity index (χ3n) is 7.55. The van der Waals surface area contributed by atoms with E-state index < -0.39 is 10.0 Å². The number of rotatable bonds is 7. The summed E-state index contributed by atoms with van der Waals surface area (Å²) in [4.78, 5) is 13.0. The minimum atomic E-state index is -3.71. The number of benzene rings is 3. The van der Waals surface area contributed by atoms with Gasteiger partial charge in [-0.05, 0) is 74.1 Å². The Morgan fingerprint density at radius 3 is 2.32 bits per heavy atom. The number of sulfonamides is 1. The monoisotopic (exact) mass is 533 g/mol. The van der Waals surface area contributed by atoms with E-state index >= 15 is 0 Å². The van der Waals surface area contributed by atoms with Gasteiger partial charge in [0.1, 0.15) is 5.82 Å². The fraction of sp³-hybridized carbons (Fsp3) is 0.300. The predicted octanol–water partition coefficient (Wildman–Crippen LogP) is 5.70. The van der Waals surface area contributed by atoms with Gasteiger partial charge in [-0.15, -0.1) is 0 Å². The molecule has 3 aromatic carbocycles. The Kier molecular flexibility index (Phi) is 7.36. The van der Waals surface area contributed by atoms with Crippen molar-refractivity contribution in [2.75, 3.05) is 0 Å². The van der Waals surface area contributed by atoms with E-state index in [1.54, 1.807) is 24.3 Å². The first-order valence-electron chi connectivity index (χ1n) is 12.9. The maximum absolute atomic E-state index is 13.2. The molecule has 0 radical (unpaired) electrons. The largest absolute Gasteiger partial charge is 0.349 e. The summed E-state index contributed by atoms with van der Waals surface area (Å²) in [6, 6.07) is 22.9. The van der Waals surface area contributed by atoms with E-state index in [9.17, 15) is 17.6 Å². The van der Waals surface area contributed by atoms with Crippen LogP contribution in [0.3, 0.4) is 0 Å². The third-order valence-corrected chi connectivity index (χ3v) is 9.06. The first-order chi connectivity index (χ1) is 18.2. The van der Waals surface area contributed by atoms with Gasteiger partial charge in [0.2, 0.25) is 15.9 Å². The SMILES string of the molecule is C[C@@H](NC(=O)[C@H]1CC[C@H](NS(=O)(=O)c2ccc3cc(-c4ccccc4)n(C)c3c2)CC1)c1ccc(F)cc1. The second-order valence-corrected chi connectivity index (χ2v) is 11.8. The van der Waals surface area contributed by atoms with Crippen LogP contribution < -0.4 is 10.0 Å². The zero-order chi connectivity index (χ0) is 26.9. The van der Waals surface area contributed by atoms with Crippen molar-refractivity contribution in [3.8, 4) is 11.3 Å². The van der Waals surface area contributed by atoms with Crippen LogP contribution in [0.15, 0.2) is 83.8 Å². The van der Waals surface area contributed by atoms with Crippen LogP contribution in [0, 0.1) is 11.7 Å². The fourth-order valence-electron chi connectivity index (χ4n) is 5.29. The molecule has 1 aliphatic rings. The maximum Gasteiger partial charge on any atom is 0.240 e. The number of halogens is 1. The Labute approximate surface area is 222 Å². The van der Waals surface area contributed by atoms with Gasteiger partial charge >= 0.3 is 0 Å². The molecular weight excluding hydrogens is 501 g/mol. The number of fused-ring (bicyclic) bond motifs is 1. The predicted molar refractivity (Wildman–Crippen MR) is 147 cm³/mol. The number of hydrogen-bond donors (Lipinski definition) is 2. The zero-order valence-electron chi connectivity index (χ0n) is 21.5. The van der Waals surface area contributed by atoms with Gasteiger partial charge in [-0.3, -0.25) is 4.79 Å². The van der Waals surface area contributed by atoms with E-state index in [2.05, 4.69) is 16.1 Å². The Bertz CT molecular complexity index is 1540. The van der Waals surface area contributed by atoms with E-state index in [-0.39, 0.29) is 34.6 Å². The molecule has 1 atom stereocenters. The molecule has 0 bridgehead atoms. The van der Waals surface area contributed by atoms with Crippen molar-refractivity contribution in [2.24, 2.45) is 13.0 Å². The minimum Gasteiger partial charge on any atom is -0.349 e. The lowest BCUT2D eigenvalue weighted by Crippen LogP contribution is -2.41. The van der Waals surface area contributed by atoms with E-state index in [0.29, 0.717) is 25.7 Å². The van der Waals surface area contributed by atoms with Gasteiger partial charge in [-0.1, -0.05) is 48.5 Å². The third kappa shape index (κ3) is 5.51. The van der Waals surface area contributed by atoms with Crippen molar-refractivity contribution in [2.45, 2.75) is 49.6 Å². The van der Waals surface area contributed by atoms with E-state index in [1.165, 1.54) is 12.1 Å². The van der Waals surface area contributed by atoms with Crippen LogP contribution in [0.2, 0.25) is 0 Å². The van der Waals surface area contributed by atoms with Crippen molar-refractivity contribution < 1.29 is 17.6 Å². The summed E-state index contributed by atoms with van der Waals surface area (Å²) >= 11 is 0. The van der Waals surface area contributed by atoms with Gasteiger partial charge in [0.25, 0.3) is 0 Å². The summed E-state index contributed by atoms with van der Waals surface area (Å²) in [5, 5.41) is 3.99. The molecular formula is C30H32FN3O3S. The first-order valence-corrected chi connectivity index (χ1v) is 14.4. The van der Waals surface area contributed by atoms with Crippen LogP contribution in [0.4, 0.5) is 4.39 Å². The van der Waals surface area contributed by atoms with Gasteiger partial charge in [0.15, 0.2) is 0 Å². The lowest BCUT2D eigenvalue weighted by molar-refractivity contribution is -0.126. The minimum absolute atomic E-state index is 0.0495. The Morgan fingerprint density at radius 1 is 0.947 bits per heavy atom. The molecule has 0 unspecified atom stereocenters. The van der Waals surface area contributed by atoms with Gasteiger partial charge in [-0.25, -0.2) is 17.5 Å². The quantitative estimate of drug-likeness (QED) is 0.320. The number of nitrogens with zero attached hydrogens (tertiary/aromatic N) is 1. The van der Waals surface area contributed by atoms with Gasteiger partial charge < -0.3 is 9.88 Å². The highest BCUT2D eigenvalue weighted by molar-refractivity contribution is 7.89. The van der Waals surface area contributed by atoms with Crippen LogP contribution in [0.25, 0.3) is 22.2 Å². The molecule has 4 aromatic rings. The van der Waals surface area contributed by atoms with Crippen molar-refractivity contribution >= 4 is 26.8 Å². The standard InChI is InChI=1S/C30H32FN3O3S/c1-20(21-8-13-25(31)14-9-21)32-30(35)23-10-15-26(16-11-23)33-38(36,37)27-17-12-24-18-28(34(2)29(24)19-27)22-6-4-3-5-7-22/h3-9,12-14,17-20,23,26,33H,10-11,15-16H2,1-2H3,(H,32,35)/t20-,23-,26-/m1/s1. The second-order valence-electron chi connectivity index (χ2n) is 10.1. The van der Waals surface area contributed by atoms with Crippen LogP contribution in [-0.2, 0) is 21.9 Å². The molecule has 1 amide bonds. The molecule has 0 saturated heterocycles. The average Bonchev–Trinajstić information content (AvgIpc) is 3.25. The van der Waals surface area contributed by atoms with Crippen molar-refractivity contribution in [1.82, 2.24) is 14.6 Å². The van der Waals surface area contributed by atoms with Gasteiger partial charge in [-0.2, -0.15) is 0 Å². The molecule has 1 fully saturated rings. The molecule has 0 spiro atoms. The summed E-state index contributed by atoms with van der Waals surface area (Å²) < 4.78 is 44.6. The molecule has 6 nitrogen and oxygen atoms in total. The summed E-state index contributed by atoms with van der Waals surface area (Å²) in [5.74, 6) is -0.533. The molecule has 1 aromatic heterocycles. The first kappa shape index (κ1) is 26.1. The highest BCUT2D eigenvalue weighted by Gasteiger charge is 2.30. The summed E-state index contributed by atoms with van der Waals surface area (Å²) in [6.45, 7) is 1.87. The smallest absolute Gasteiger partial charge is 0.240 e. The molecule has 38 heavy (non-hydrogen) atoms. The highest BCUT2D eigenvalue weighted by Crippen LogP contribution is 2.30. The molecule has 1 heterocycles. The topological polar surface area (TPSA) is 80.2 Å². The molecule has 5 rings (SSSR count). The molecule has 1 aliphatic carbocycles. The lowest BCUT2D eigenvalue weighted by atomic mass is 9.85. The zero-order valence-corrected chi connectivity index (χ0v) is 22.3. The van der Waals surface area contributed by atoms with Crippen LogP contribution >= 0.6 is 0 Å². The number of carbonyl (C=O) groups excluding carboxylic acids is 1. The number of carbonyl (C=O) groups is 1. The summed E-state index contributed by atoms with van der Waals surface area (Å²) in [5.41, 5.74) is 3.78. The summed E-state index contributed by atoms with van der Waals surface area (Å²) in [6.07, 6.45) is 2.39. The Balaban J connectivity index is 1.21. The van der Waals surface area contributed by atoms with Crippen molar-refractivity contribution in [1.29, 1.82) is 0 Å². The molecule has 8 heteroatoms. The van der Waals surface area contributed by atoms with E-state index in [0.717, 1.165) is 27.7 Å². The number of aryl methyl sites for hydroxylation is 1. The Hall–Kier alpha value is -3.49. The van der Waals surface area contributed by atoms with Crippen LogP contribution in [-0.4, -0.2) is 24.9 Å². The van der Waals surface area contributed by atoms with Crippen LogP contribution in [0.5, 0.6) is 0 Å². The second kappa shape index (κ2) is 10.7. The van der Waals surface area contributed by atoms with Crippen molar-refractivity contribution in [3.05, 3.63) is 90.2 Å². The number of amides is 1. The van der Waals surface area contributed by atoms with Crippen LogP contribution in [0.1, 0.15) is 44.2 Å². The van der Waals surface area contributed by atoms with Gasteiger partial charge in [0.05, 0.1) is 10.9 Å². The molecule has 198 valence electrons. The summed E-state index contributed by atoms with van der Waals surface area (Å²) in [7, 11) is -1.77. The Morgan fingerprint density at radius 2 is 1.63 bits per heavy atom. The van der Waals surface area contributed by atoms with E-state index in [4.69, 9.17) is 0 Å². The molecule has 0 aliphatic heterocycles. The number of hydrogen-bond acceptors (Lipinski definition) is 3. The normalized spacial score (nSPS) is 18.8. The fourth-order valence-corrected chi connectivity index (χ4v) is 6.61. The number of aromatic nitrogens is 1. The molecule has 1 saturated carbocycles. The lowest BCUT2D eigenvalue weighted by Gasteiger charge is -2.29. The molecule has 2 N–H and O–H groups in total. The maximum atomic E-state index is 13.2. The number of nitrogens with one attached hydrogen (secondary N) is 2.